The Kier molecular flexibility index (Phi) is 4.86. The van der Waals surface area contributed by atoms with Crippen LogP contribution in [0.4, 0.5) is 5.82 Å². The number of nitrogens with zero attached hydrogens (tertiary/aromatic N) is 4. The van der Waals surface area contributed by atoms with E-state index >= 15 is 0 Å². The van der Waals surface area contributed by atoms with Gasteiger partial charge in [0, 0.05) is 43.2 Å². The fraction of sp³-hybridized carbons (Fsp3) is 0.500. The Morgan fingerprint density at radius 1 is 1.26 bits per heavy atom. The van der Waals surface area contributed by atoms with Crippen molar-refractivity contribution in [2.45, 2.75) is 39.2 Å². The van der Waals surface area contributed by atoms with E-state index in [2.05, 4.69) is 26.8 Å². The van der Waals surface area contributed by atoms with Crippen LogP contribution in [-0.4, -0.2) is 39.3 Å². The molecule has 1 aliphatic rings. The summed E-state index contributed by atoms with van der Waals surface area (Å²) in [6.45, 7) is 5.55. The molecule has 122 valence electrons. The third kappa shape index (κ3) is 3.67. The predicted octanol–water partition coefficient (Wildman–Crippen LogP) is 2.17. The van der Waals surface area contributed by atoms with Crippen molar-refractivity contribution in [3.8, 4) is 0 Å². The Morgan fingerprint density at radius 2 is 2.04 bits per heavy atom. The molecule has 0 radical (unpaired) electrons. The normalized spacial score (nSPS) is 20.9. The van der Waals surface area contributed by atoms with Gasteiger partial charge in [0.25, 0.3) is 0 Å². The first-order chi connectivity index (χ1) is 11.2. The topological polar surface area (TPSA) is 62.1 Å². The first-order valence-electron chi connectivity index (χ1n) is 8.31. The molecule has 1 fully saturated rings. The van der Waals surface area contributed by atoms with E-state index in [0.29, 0.717) is 6.54 Å². The minimum absolute atomic E-state index is 0.224. The van der Waals surface area contributed by atoms with Gasteiger partial charge in [-0.25, -0.2) is 9.97 Å². The summed E-state index contributed by atoms with van der Waals surface area (Å²) in [5.74, 6) is 2.00. The molecule has 2 aromatic heterocycles. The average molecular weight is 312 g/mol. The van der Waals surface area contributed by atoms with Gasteiger partial charge in [-0.3, -0.25) is 4.98 Å². The number of pyridine rings is 1. The Bertz CT molecular complexity index is 647. The van der Waals surface area contributed by atoms with Gasteiger partial charge in [0.1, 0.15) is 11.6 Å². The van der Waals surface area contributed by atoms with E-state index in [1.54, 1.807) is 0 Å². The number of anilines is 1. The molecule has 3 heterocycles. The molecule has 1 aliphatic heterocycles. The Morgan fingerprint density at radius 3 is 2.78 bits per heavy atom. The van der Waals surface area contributed by atoms with Gasteiger partial charge < -0.3 is 10.0 Å². The SMILES string of the molecule is CCCc1cnc(C)nc1N1CC(O)C(Cc2ccncc2)C1. The zero-order valence-electron chi connectivity index (χ0n) is 13.8. The minimum atomic E-state index is -0.326. The molecule has 2 atom stereocenters. The van der Waals surface area contributed by atoms with E-state index in [9.17, 15) is 5.11 Å². The maximum atomic E-state index is 10.5. The van der Waals surface area contributed by atoms with Gasteiger partial charge in [0.15, 0.2) is 0 Å². The molecule has 5 nitrogen and oxygen atoms in total. The molecule has 0 amide bonds. The predicted molar refractivity (Wildman–Crippen MR) is 90.4 cm³/mol. The van der Waals surface area contributed by atoms with E-state index < -0.39 is 0 Å². The summed E-state index contributed by atoms with van der Waals surface area (Å²) in [5, 5.41) is 10.5. The van der Waals surface area contributed by atoms with Crippen molar-refractivity contribution in [1.82, 2.24) is 15.0 Å². The summed E-state index contributed by atoms with van der Waals surface area (Å²) in [5.41, 5.74) is 2.40. The second kappa shape index (κ2) is 7.04. The van der Waals surface area contributed by atoms with Crippen LogP contribution >= 0.6 is 0 Å². The van der Waals surface area contributed by atoms with Crippen molar-refractivity contribution in [3.05, 3.63) is 47.7 Å². The number of β-amino-alcohol motifs (C(OH)–C–C–N with tert-alkyl or cyclic N) is 1. The van der Waals surface area contributed by atoms with Gasteiger partial charge >= 0.3 is 0 Å². The molecule has 1 saturated heterocycles. The van der Waals surface area contributed by atoms with E-state index in [0.717, 1.165) is 37.4 Å². The molecule has 5 heteroatoms. The zero-order valence-corrected chi connectivity index (χ0v) is 13.8. The molecule has 0 saturated carbocycles. The molecule has 2 unspecified atom stereocenters. The minimum Gasteiger partial charge on any atom is -0.391 e. The third-order valence-electron chi connectivity index (χ3n) is 4.43. The van der Waals surface area contributed by atoms with Crippen LogP contribution in [0.5, 0.6) is 0 Å². The monoisotopic (exact) mass is 312 g/mol. The first kappa shape index (κ1) is 15.9. The number of rotatable bonds is 5. The summed E-state index contributed by atoms with van der Waals surface area (Å²) in [6.07, 6.45) is 8.13. The highest BCUT2D eigenvalue weighted by Crippen LogP contribution is 2.28. The van der Waals surface area contributed by atoms with Crippen LogP contribution in [0.1, 0.15) is 30.3 Å². The van der Waals surface area contributed by atoms with Crippen molar-refractivity contribution in [2.24, 2.45) is 5.92 Å². The molecule has 0 bridgehead atoms. The first-order valence-corrected chi connectivity index (χ1v) is 8.31. The number of aliphatic hydroxyl groups is 1. The highest BCUT2D eigenvalue weighted by Gasteiger charge is 2.33. The van der Waals surface area contributed by atoms with Gasteiger partial charge in [0.05, 0.1) is 6.10 Å². The Balaban J connectivity index is 1.77. The maximum absolute atomic E-state index is 10.5. The van der Waals surface area contributed by atoms with Crippen LogP contribution in [0.3, 0.4) is 0 Å². The Labute approximate surface area is 137 Å². The molecule has 0 spiro atoms. The quantitative estimate of drug-likeness (QED) is 0.917. The summed E-state index contributed by atoms with van der Waals surface area (Å²) >= 11 is 0. The summed E-state index contributed by atoms with van der Waals surface area (Å²) in [4.78, 5) is 15.2. The number of hydrogen-bond donors (Lipinski definition) is 1. The Hall–Kier alpha value is -2.01. The molecule has 23 heavy (non-hydrogen) atoms. The van der Waals surface area contributed by atoms with Crippen LogP contribution in [0.25, 0.3) is 0 Å². The van der Waals surface area contributed by atoms with Crippen LogP contribution in [0, 0.1) is 12.8 Å². The summed E-state index contributed by atoms with van der Waals surface area (Å²) in [7, 11) is 0. The lowest BCUT2D eigenvalue weighted by molar-refractivity contribution is 0.148. The molecule has 3 rings (SSSR count). The number of hydrogen-bond acceptors (Lipinski definition) is 5. The van der Waals surface area contributed by atoms with Gasteiger partial charge in [-0.15, -0.1) is 0 Å². The highest BCUT2D eigenvalue weighted by atomic mass is 16.3. The van der Waals surface area contributed by atoms with Crippen molar-refractivity contribution in [1.29, 1.82) is 0 Å². The van der Waals surface area contributed by atoms with Gasteiger partial charge in [-0.05, 0) is 37.5 Å². The average Bonchev–Trinajstić information content (AvgIpc) is 2.91. The maximum Gasteiger partial charge on any atom is 0.135 e. The van der Waals surface area contributed by atoms with Crippen molar-refractivity contribution in [3.63, 3.8) is 0 Å². The molecular weight excluding hydrogens is 288 g/mol. The largest absolute Gasteiger partial charge is 0.391 e. The second-order valence-corrected chi connectivity index (χ2v) is 6.31. The molecule has 1 N–H and O–H groups in total. The number of aryl methyl sites for hydroxylation is 2. The van der Waals surface area contributed by atoms with Gasteiger partial charge in [-0.1, -0.05) is 13.3 Å². The van der Waals surface area contributed by atoms with Crippen molar-refractivity contribution < 1.29 is 5.11 Å². The molecular formula is C18H24N4O. The summed E-state index contributed by atoms with van der Waals surface area (Å²) < 4.78 is 0. The smallest absolute Gasteiger partial charge is 0.135 e. The number of aromatic nitrogens is 3. The van der Waals surface area contributed by atoms with Gasteiger partial charge in [-0.2, -0.15) is 0 Å². The van der Waals surface area contributed by atoms with Crippen LogP contribution in [-0.2, 0) is 12.8 Å². The van der Waals surface area contributed by atoms with Gasteiger partial charge in [0.2, 0.25) is 0 Å². The molecule has 2 aromatic rings. The van der Waals surface area contributed by atoms with E-state index in [1.165, 1.54) is 11.1 Å². The van der Waals surface area contributed by atoms with Crippen molar-refractivity contribution >= 4 is 5.82 Å². The second-order valence-electron chi connectivity index (χ2n) is 6.31. The summed E-state index contributed by atoms with van der Waals surface area (Å²) in [6, 6.07) is 4.04. The fourth-order valence-electron chi connectivity index (χ4n) is 3.25. The lowest BCUT2D eigenvalue weighted by atomic mass is 9.97. The standard InChI is InChI=1S/C18H24N4O/c1-3-4-15-10-20-13(2)21-18(15)22-11-16(17(23)12-22)9-14-5-7-19-8-6-14/h5-8,10,16-17,23H,3-4,9,11-12H2,1-2H3. The lowest BCUT2D eigenvalue weighted by Gasteiger charge is -2.20. The van der Waals surface area contributed by atoms with Crippen LogP contribution < -0.4 is 4.90 Å². The highest BCUT2D eigenvalue weighted by molar-refractivity contribution is 5.47. The fourth-order valence-corrected chi connectivity index (χ4v) is 3.25. The third-order valence-corrected chi connectivity index (χ3v) is 4.43. The molecule has 0 aromatic carbocycles. The molecule has 0 aliphatic carbocycles. The van der Waals surface area contributed by atoms with E-state index in [1.807, 2.05) is 37.6 Å². The van der Waals surface area contributed by atoms with Crippen LogP contribution in [0.15, 0.2) is 30.7 Å². The van der Waals surface area contributed by atoms with Crippen molar-refractivity contribution in [2.75, 3.05) is 18.0 Å². The lowest BCUT2D eigenvalue weighted by Crippen LogP contribution is -2.24. The number of aliphatic hydroxyl groups excluding tert-OH is 1. The van der Waals surface area contributed by atoms with E-state index in [4.69, 9.17) is 0 Å². The van der Waals surface area contributed by atoms with E-state index in [-0.39, 0.29) is 12.0 Å². The zero-order chi connectivity index (χ0) is 16.2. The van der Waals surface area contributed by atoms with Crippen LogP contribution in [0.2, 0.25) is 0 Å².